The van der Waals surface area contributed by atoms with Crippen LogP contribution in [0, 0.1) is 0 Å². The van der Waals surface area contributed by atoms with E-state index in [1.165, 1.54) is 0 Å². The van der Waals surface area contributed by atoms with Crippen LogP contribution in [0.1, 0.15) is 18.4 Å². The van der Waals surface area contributed by atoms with Gasteiger partial charge in [-0.15, -0.1) is 0 Å². The van der Waals surface area contributed by atoms with Crippen molar-refractivity contribution in [2.75, 3.05) is 27.9 Å². The molecule has 0 amide bonds. The first-order chi connectivity index (χ1) is 14.1. The number of nitrogens with zero attached hydrogens (tertiary/aromatic N) is 2. The lowest BCUT2D eigenvalue weighted by Crippen LogP contribution is -1.95. The van der Waals surface area contributed by atoms with Crippen LogP contribution >= 0.6 is 11.6 Å². The molecule has 0 atom stereocenters. The molecule has 3 rings (SSSR count). The smallest absolute Gasteiger partial charge is 0.269 e. The molecule has 7 nitrogen and oxygen atoms in total. The minimum Gasteiger partial charge on any atom is -0.493 e. The molecule has 0 radical (unpaired) electrons. The third-order valence-electron chi connectivity index (χ3n) is 4.05. The van der Waals surface area contributed by atoms with Crippen molar-refractivity contribution in [2.24, 2.45) is 0 Å². The van der Waals surface area contributed by atoms with Crippen LogP contribution in [-0.4, -0.2) is 38.1 Å². The van der Waals surface area contributed by atoms with E-state index in [9.17, 15) is 0 Å². The number of hydrogen-bond acceptors (Lipinski definition) is 7. The summed E-state index contributed by atoms with van der Waals surface area (Å²) in [6, 6.07) is 10.9. The van der Waals surface area contributed by atoms with E-state index in [4.69, 9.17) is 35.1 Å². The Hall–Kier alpha value is -3.19. The number of benzene rings is 2. The van der Waals surface area contributed by atoms with E-state index in [2.05, 4.69) is 10.1 Å². The summed E-state index contributed by atoms with van der Waals surface area (Å²) < 4.78 is 26.7. The molecule has 0 saturated heterocycles. The number of ether oxygens (including phenoxy) is 4. The minimum absolute atomic E-state index is 0.198. The highest BCUT2D eigenvalue weighted by atomic mass is 35.5. The SMILES string of the molecule is CCOc1ccc(/C=C(\Cl)c2nc(-c3ccc(OC)c(OC)c3)no2)cc1OC. The highest BCUT2D eigenvalue weighted by Gasteiger charge is 2.14. The van der Waals surface area contributed by atoms with Crippen molar-refractivity contribution < 1.29 is 23.5 Å². The molecular weight excluding hydrogens is 396 g/mol. The van der Waals surface area contributed by atoms with Gasteiger partial charge in [0, 0.05) is 5.56 Å². The summed E-state index contributed by atoms with van der Waals surface area (Å²) in [5.74, 6) is 3.04. The van der Waals surface area contributed by atoms with Crippen LogP contribution in [0.25, 0.3) is 22.5 Å². The Morgan fingerprint density at radius 1 is 0.966 bits per heavy atom. The quantitative estimate of drug-likeness (QED) is 0.517. The maximum absolute atomic E-state index is 6.39. The molecule has 8 heteroatoms. The molecule has 29 heavy (non-hydrogen) atoms. The molecule has 1 aromatic heterocycles. The van der Waals surface area contributed by atoms with Crippen LogP contribution in [-0.2, 0) is 0 Å². The highest BCUT2D eigenvalue weighted by molar-refractivity contribution is 6.50. The van der Waals surface area contributed by atoms with Crippen molar-refractivity contribution in [3.05, 3.63) is 47.9 Å². The molecule has 1 heterocycles. The summed E-state index contributed by atoms with van der Waals surface area (Å²) in [6.07, 6.45) is 1.71. The van der Waals surface area contributed by atoms with E-state index in [-0.39, 0.29) is 5.89 Å². The van der Waals surface area contributed by atoms with Crippen LogP contribution < -0.4 is 18.9 Å². The molecule has 0 aliphatic heterocycles. The molecule has 0 saturated carbocycles. The predicted octanol–water partition coefficient (Wildman–Crippen LogP) is 4.90. The van der Waals surface area contributed by atoms with Gasteiger partial charge in [0.05, 0.1) is 27.9 Å². The average molecular weight is 417 g/mol. The molecule has 0 bridgehead atoms. The first-order valence-electron chi connectivity index (χ1n) is 8.84. The zero-order valence-electron chi connectivity index (χ0n) is 16.6. The van der Waals surface area contributed by atoms with Crippen LogP contribution in [0.2, 0.25) is 0 Å². The summed E-state index contributed by atoms with van der Waals surface area (Å²) in [6.45, 7) is 2.46. The lowest BCUT2D eigenvalue weighted by atomic mass is 10.2. The molecule has 2 aromatic carbocycles. The predicted molar refractivity (Wildman–Crippen MR) is 111 cm³/mol. The van der Waals surface area contributed by atoms with E-state index in [0.29, 0.717) is 46.0 Å². The number of aromatic nitrogens is 2. The Kier molecular flexibility index (Phi) is 6.61. The maximum atomic E-state index is 6.39. The van der Waals surface area contributed by atoms with E-state index < -0.39 is 0 Å². The van der Waals surface area contributed by atoms with Crippen LogP contribution in [0.5, 0.6) is 23.0 Å². The topological polar surface area (TPSA) is 75.8 Å². The summed E-state index contributed by atoms with van der Waals surface area (Å²) in [7, 11) is 4.72. The molecule has 3 aromatic rings. The molecular formula is C21H21ClN2O5. The second-order valence-electron chi connectivity index (χ2n) is 5.83. The standard InChI is InChI=1S/C21H21ClN2O5/c1-5-28-17-8-6-13(11-18(17)26-3)10-15(22)21-23-20(24-29-21)14-7-9-16(25-2)19(12-14)27-4/h6-12H,5H2,1-4H3/b15-10-. The van der Waals surface area contributed by atoms with Gasteiger partial charge >= 0.3 is 0 Å². The Morgan fingerprint density at radius 2 is 1.66 bits per heavy atom. The first-order valence-corrected chi connectivity index (χ1v) is 9.21. The monoisotopic (exact) mass is 416 g/mol. The lowest BCUT2D eigenvalue weighted by molar-refractivity contribution is 0.311. The Bertz CT molecular complexity index is 1020. The van der Waals surface area contributed by atoms with Crippen LogP contribution in [0.4, 0.5) is 0 Å². The van der Waals surface area contributed by atoms with E-state index in [0.717, 1.165) is 5.56 Å². The van der Waals surface area contributed by atoms with E-state index in [1.807, 2.05) is 31.2 Å². The largest absolute Gasteiger partial charge is 0.493 e. The van der Waals surface area contributed by atoms with Gasteiger partial charge in [0.1, 0.15) is 5.03 Å². The van der Waals surface area contributed by atoms with Crippen LogP contribution in [0.15, 0.2) is 40.9 Å². The third-order valence-corrected chi connectivity index (χ3v) is 4.32. The maximum Gasteiger partial charge on any atom is 0.269 e. The molecule has 0 aliphatic carbocycles. The van der Waals surface area contributed by atoms with Crippen molar-refractivity contribution in [3.63, 3.8) is 0 Å². The lowest BCUT2D eigenvalue weighted by Gasteiger charge is -2.09. The summed E-state index contributed by atoms with van der Waals surface area (Å²) in [5, 5.41) is 4.30. The molecule has 0 unspecified atom stereocenters. The third kappa shape index (κ3) is 4.63. The minimum atomic E-state index is 0.198. The second-order valence-corrected chi connectivity index (χ2v) is 6.24. The van der Waals surface area contributed by atoms with Gasteiger partial charge in [-0.3, -0.25) is 0 Å². The van der Waals surface area contributed by atoms with Gasteiger partial charge in [0.15, 0.2) is 23.0 Å². The van der Waals surface area contributed by atoms with Gasteiger partial charge in [-0.1, -0.05) is 22.8 Å². The van der Waals surface area contributed by atoms with E-state index in [1.54, 1.807) is 39.5 Å². The number of rotatable bonds is 8. The fourth-order valence-corrected chi connectivity index (χ4v) is 2.87. The fourth-order valence-electron chi connectivity index (χ4n) is 2.67. The second kappa shape index (κ2) is 9.34. The van der Waals surface area contributed by atoms with Gasteiger partial charge in [-0.05, 0) is 48.9 Å². The number of methoxy groups -OCH3 is 3. The molecule has 0 spiro atoms. The van der Waals surface area contributed by atoms with Gasteiger partial charge in [-0.2, -0.15) is 4.98 Å². The Labute approximate surface area is 173 Å². The van der Waals surface area contributed by atoms with Gasteiger partial charge in [0.25, 0.3) is 5.89 Å². The van der Waals surface area contributed by atoms with E-state index >= 15 is 0 Å². The summed E-state index contributed by atoms with van der Waals surface area (Å²) in [5.41, 5.74) is 1.52. The molecule has 0 aliphatic rings. The fraction of sp³-hybridized carbons (Fsp3) is 0.238. The molecule has 0 fully saturated rings. The zero-order valence-corrected chi connectivity index (χ0v) is 17.3. The number of halogens is 1. The molecule has 0 N–H and O–H groups in total. The Balaban J connectivity index is 1.86. The number of hydrogen-bond donors (Lipinski definition) is 0. The average Bonchev–Trinajstić information content (AvgIpc) is 3.25. The summed E-state index contributed by atoms with van der Waals surface area (Å²) >= 11 is 6.39. The highest BCUT2D eigenvalue weighted by Crippen LogP contribution is 2.33. The Morgan fingerprint density at radius 3 is 2.34 bits per heavy atom. The van der Waals surface area contributed by atoms with Gasteiger partial charge in [0.2, 0.25) is 5.82 Å². The zero-order chi connectivity index (χ0) is 20.8. The van der Waals surface area contributed by atoms with Crippen molar-refractivity contribution in [1.82, 2.24) is 10.1 Å². The van der Waals surface area contributed by atoms with Crippen molar-refractivity contribution in [1.29, 1.82) is 0 Å². The van der Waals surface area contributed by atoms with Crippen molar-refractivity contribution in [2.45, 2.75) is 6.92 Å². The van der Waals surface area contributed by atoms with Gasteiger partial charge < -0.3 is 23.5 Å². The normalized spacial score (nSPS) is 11.3. The first kappa shape index (κ1) is 20.5. The van der Waals surface area contributed by atoms with Crippen molar-refractivity contribution >= 4 is 22.7 Å². The van der Waals surface area contributed by atoms with Crippen LogP contribution in [0.3, 0.4) is 0 Å². The van der Waals surface area contributed by atoms with Gasteiger partial charge in [-0.25, -0.2) is 0 Å². The van der Waals surface area contributed by atoms with Crippen molar-refractivity contribution in [3.8, 4) is 34.4 Å². The molecule has 152 valence electrons. The summed E-state index contributed by atoms with van der Waals surface area (Å²) in [4.78, 5) is 4.37.